The van der Waals surface area contributed by atoms with Crippen LogP contribution >= 0.6 is 0 Å². The molecule has 1 aromatic rings. The third kappa shape index (κ3) is 2.86. The Hall–Kier alpha value is -2.35. The molecule has 8 nitrogen and oxygen atoms in total. The van der Waals surface area contributed by atoms with Gasteiger partial charge < -0.3 is 20.7 Å². The number of nitro groups is 1. The number of hydrogen-bond donors (Lipinski definition) is 3. The van der Waals surface area contributed by atoms with Crippen LogP contribution in [0.5, 0.6) is 11.5 Å². The molecule has 0 aliphatic rings. The minimum atomic E-state index is -1.13. The number of phenolic OH excluding ortho intramolecular Hbond substituents is 1. The van der Waals surface area contributed by atoms with Crippen LogP contribution in [0.3, 0.4) is 0 Å². The van der Waals surface area contributed by atoms with E-state index in [-0.39, 0.29) is 17.7 Å². The Morgan fingerprint density at radius 3 is 2.67 bits per heavy atom. The summed E-state index contributed by atoms with van der Waals surface area (Å²) in [4.78, 5) is 20.5. The Bertz CT molecular complexity index is 488. The number of nitrogens with two attached hydrogens (primary N) is 1. The van der Waals surface area contributed by atoms with Crippen molar-refractivity contribution in [1.82, 2.24) is 0 Å². The van der Waals surface area contributed by atoms with E-state index in [0.717, 1.165) is 6.07 Å². The summed E-state index contributed by atoms with van der Waals surface area (Å²) in [6.45, 7) is 0. The number of rotatable bonds is 5. The first-order chi connectivity index (χ1) is 8.36. The van der Waals surface area contributed by atoms with Gasteiger partial charge in [-0.2, -0.15) is 0 Å². The highest BCUT2D eigenvalue weighted by Gasteiger charge is 2.22. The largest absolute Gasteiger partial charge is 0.500 e. The van der Waals surface area contributed by atoms with Gasteiger partial charge in [0.05, 0.1) is 18.5 Å². The van der Waals surface area contributed by atoms with E-state index in [1.807, 2.05) is 0 Å². The smallest absolute Gasteiger partial charge is 0.314 e. The van der Waals surface area contributed by atoms with E-state index in [1.54, 1.807) is 0 Å². The lowest BCUT2D eigenvalue weighted by atomic mass is 10.0. The molecule has 0 saturated heterocycles. The molecule has 0 radical (unpaired) electrons. The fourth-order valence-electron chi connectivity index (χ4n) is 1.43. The van der Waals surface area contributed by atoms with Gasteiger partial charge in [-0.1, -0.05) is 0 Å². The monoisotopic (exact) mass is 256 g/mol. The van der Waals surface area contributed by atoms with Crippen molar-refractivity contribution in [2.24, 2.45) is 5.73 Å². The minimum Gasteiger partial charge on any atom is -0.500 e. The lowest BCUT2D eigenvalue weighted by molar-refractivity contribution is -0.386. The molecule has 1 rings (SSSR count). The highest BCUT2D eigenvalue weighted by Crippen LogP contribution is 2.38. The van der Waals surface area contributed by atoms with Crippen LogP contribution in [-0.4, -0.2) is 28.2 Å². The maximum absolute atomic E-state index is 10.7. The number of phenols is 1. The van der Waals surface area contributed by atoms with Gasteiger partial charge in [-0.15, -0.1) is 0 Å². The third-order valence-electron chi connectivity index (χ3n) is 2.32. The Balaban J connectivity index is 3.25. The summed E-state index contributed by atoms with van der Waals surface area (Å²) in [6, 6.07) is 1.39. The molecular weight excluding hydrogens is 244 g/mol. The number of carboxylic acid groups (broad SMARTS) is 1. The summed E-state index contributed by atoms with van der Waals surface area (Å²) >= 11 is 0. The molecule has 0 spiro atoms. The quantitative estimate of drug-likeness (QED) is 0.523. The second-order valence-electron chi connectivity index (χ2n) is 3.55. The first kappa shape index (κ1) is 13.7. The predicted octanol–water partition coefficient (Wildman–Crippen LogP) is 0.783. The molecule has 4 N–H and O–H groups in total. The van der Waals surface area contributed by atoms with Gasteiger partial charge in [0, 0.05) is 12.1 Å². The molecule has 98 valence electrons. The van der Waals surface area contributed by atoms with Gasteiger partial charge in [0.1, 0.15) is 0 Å². The summed E-state index contributed by atoms with van der Waals surface area (Å²) in [5, 5.41) is 28.9. The van der Waals surface area contributed by atoms with E-state index in [0.29, 0.717) is 0 Å². The van der Waals surface area contributed by atoms with E-state index >= 15 is 0 Å². The van der Waals surface area contributed by atoms with Crippen molar-refractivity contribution < 1.29 is 24.7 Å². The van der Waals surface area contributed by atoms with Crippen molar-refractivity contribution in [3.63, 3.8) is 0 Å². The van der Waals surface area contributed by atoms with Crippen molar-refractivity contribution >= 4 is 11.7 Å². The second-order valence-corrected chi connectivity index (χ2v) is 3.55. The number of nitrogens with zero attached hydrogens (tertiary/aromatic N) is 1. The molecule has 1 aromatic carbocycles. The molecule has 0 unspecified atom stereocenters. The summed E-state index contributed by atoms with van der Waals surface area (Å²) in [5.74, 6) is -1.87. The fourth-order valence-corrected chi connectivity index (χ4v) is 1.43. The molecule has 0 amide bonds. The van der Waals surface area contributed by atoms with Crippen molar-refractivity contribution in [1.29, 1.82) is 0 Å². The number of benzene rings is 1. The number of aromatic hydroxyl groups is 1. The second kappa shape index (κ2) is 5.32. The van der Waals surface area contributed by atoms with Crippen molar-refractivity contribution in [3.05, 3.63) is 27.8 Å². The lowest BCUT2D eigenvalue weighted by Gasteiger charge is -2.12. The molecule has 0 heterocycles. The molecule has 0 aromatic heterocycles. The van der Waals surface area contributed by atoms with E-state index in [9.17, 15) is 20.0 Å². The summed E-state index contributed by atoms with van der Waals surface area (Å²) in [7, 11) is 1.23. The van der Waals surface area contributed by atoms with Gasteiger partial charge in [-0.25, -0.2) is 0 Å². The van der Waals surface area contributed by atoms with Crippen LogP contribution in [0.2, 0.25) is 0 Å². The molecule has 0 aliphatic heterocycles. The van der Waals surface area contributed by atoms with Crippen LogP contribution in [0.15, 0.2) is 12.1 Å². The normalized spacial score (nSPS) is 11.9. The van der Waals surface area contributed by atoms with Gasteiger partial charge in [0.25, 0.3) is 0 Å². The summed E-state index contributed by atoms with van der Waals surface area (Å²) in [5.41, 5.74) is 5.23. The van der Waals surface area contributed by atoms with Crippen molar-refractivity contribution in [2.45, 2.75) is 12.5 Å². The molecular formula is C10H12N2O6. The molecule has 0 saturated carbocycles. The van der Waals surface area contributed by atoms with E-state index in [2.05, 4.69) is 0 Å². The van der Waals surface area contributed by atoms with Crippen molar-refractivity contribution in [2.75, 3.05) is 7.11 Å². The Labute approximate surface area is 102 Å². The van der Waals surface area contributed by atoms with Crippen LogP contribution < -0.4 is 10.5 Å². The number of methoxy groups -OCH3 is 1. The highest BCUT2D eigenvalue weighted by atomic mass is 16.6. The number of carboxylic acids is 1. The number of hydrogen-bond acceptors (Lipinski definition) is 6. The number of ether oxygens (including phenoxy) is 1. The van der Waals surface area contributed by atoms with Crippen LogP contribution in [0.4, 0.5) is 5.69 Å². The zero-order chi connectivity index (χ0) is 13.9. The average Bonchev–Trinajstić information content (AvgIpc) is 2.27. The molecule has 1 atom stereocenters. The first-order valence-corrected chi connectivity index (χ1v) is 4.89. The molecule has 8 heteroatoms. The van der Waals surface area contributed by atoms with E-state index in [4.69, 9.17) is 15.6 Å². The van der Waals surface area contributed by atoms with Crippen molar-refractivity contribution in [3.8, 4) is 11.5 Å². The third-order valence-corrected chi connectivity index (χ3v) is 2.32. The van der Waals surface area contributed by atoms with Gasteiger partial charge in [-0.3, -0.25) is 14.9 Å². The van der Waals surface area contributed by atoms with Gasteiger partial charge in [0.2, 0.25) is 5.75 Å². The molecule has 0 bridgehead atoms. The molecule has 0 fully saturated rings. The number of aliphatic carboxylic acids is 1. The number of carbonyl (C=O) groups is 1. The Kier molecular flexibility index (Phi) is 4.05. The van der Waals surface area contributed by atoms with Crippen LogP contribution in [0.25, 0.3) is 0 Å². The maximum Gasteiger partial charge on any atom is 0.314 e. The minimum absolute atomic E-state index is 0.125. The predicted molar refractivity (Wildman–Crippen MR) is 60.5 cm³/mol. The van der Waals surface area contributed by atoms with Gasteiger partial charge in [-0.05, 0) is 11.6 Å². The maximum atomic E-state index is 10.7. The van der Waals surface area contributed by atoms with E-state index in [1.165, 1.54) is 13.2 Å². The topological polar surface area (TPSA) is 136 Å². The Morgan fingerprint density at radius 2 is 2.22 bits per heavy atom. The van der Waals surface area contributed by atoms with E-state index < -0.39 is 28.4 Å². The molecule has 0 aliphatic carbocycles. The highest BCUT2D eigenvalue weighted by molar-refractivity contribution is 5.68. The number of nitro benzene ring substituents is 1. The van der Waals surface area contributed by atoms with Gasteiger partial charge in [0.15, 0.2) is 5.75 Å². The standard InChI is InChI=1S/C10H12N2O6/c1-18-8-3-5(6(11)4-9(13)14)2-7(10(8)15)12(16)17/h2-3,6,15H,4,11H2,1H3,(H,13,14)/t6-/m1/s1. The first-order valence-electron chi connectivity index (χ1n) is 4.89. The fraction of sp³-hybridized carbons (Fsp3) is 0.300. The summed E-state index contributed by atoms with van der Waals surface area (Å²) in [6.07, 6.45) is -0.384. The lowest BCUT2D eigenvalue weighted by Crippen LogP contribution is -2.15. The zero-order valence-corrected chi connectivity index (χ0v) is 9.49. The zero-order valence-electron chi connectivity index (χ0n) is 9.49. The SMILES string of the molecule is COc1cc([C@H](N)CC(=O)O)cc([N+](=O)[O-])c1O. The molecule has 18 heavy (non-hydrogen) atoms. The van der Waals surface area contributed by atoms with Gasteiger partial charge >= 0.3 is 11.7 Å². The van der Waals surface area contributed by atoms with Crippen LogP contribution in [-0.2, 0) is 4.79 Å². The summed E-state index contributed by atoms with van der Waals surface area (Å²) < 4.78 is 4.77. The van der Waals surface area contributed by atoms with Crippen LogP contribution in [0, 0.1) is 10.1 Å². The Morgan fingerprint density at radius 1 is 1.61 bits per heavy atom. The average molecular weight is 256 g/mol. The van der Waals surface area contributed by atoms with Crippen LogP contribution in [0.1, 0.15) is 18.0 Å².